The summed E-state index contributed by atoms with van der Waals surface area (Å²) in [7, 11) is 0. The molecule has 1 aliphatic rings. The molecule has 0 bridgehead atoms. The molecule has 2 N–H and O–H groups in total. The standard InChI is InChI=1S/C28H26F4N10O/c1-16-13-40(14-17(2)37-16)22-4-3-19(10-21(22)29)38-27-36-11-18-9-20(26(43)42(24(18)39-27)15-28(30,31)32)25-35-7-8-41(25)23-12-33-5-6-34-23/h3-12,16-17,37H,13-15H2,1-2H3,(H,36,38,39)/t16-,17+. The predicted molar refractivity (Wildman–Crippen MR) is 152 cm³/mol. The van der Waals surface area contributed by atoms with Gasteiger partial charge in [-0.3, -0.25) is 18.9 Å². The Morgan fingerprint density at radius 2 is 1.81 bits per heavy atom. The molecule has 0 spiro atoms. The lowest BCUT2D eigenvalue weighted by molar-refractivity contribution is -0.140. The fourth-order valence-electron chi connectivity index (χ4n) is 5.30. The summed E-state index contributed by atoms with van der Waals surface area (Å²) in [6, 6.07) is 6.31. The Labute approximate surface area is 242 Å². The summed E-state index contributed by atoms with van der Waals surface area (Å²) in [4.78, 5) is 36.3. The van der Waals surface area contributed by atoms with Gasteiger partial charge in [0.25, 0.3) is 5.56 Å². The smallest absolute Gasteiger partial charge is 0.366 e. The Balaban J connectivity index is 1.37. The number of aromatic nitrogens is 7. The number of halogens is 4. The van der Waals surface area contributed by atoms with Crippen LogP contribution in [-0.2, 0) is 6.54 Å². The SMILES string of the molecule is C[C@@H]1CN(c2ccc(Nc3ncc4cc(-c5nccn5-c5cnccn5)c(=O)n(CC(F)(F)F)c4n3)cc2F)C[C@H](C)N1. The zero-order valence-corrected chi connectivity index (χ0v) is 23.0. The summed E-state index contributed by atoms with van der Waals surface area (Å²) < 4.78 is 58.2. The zero-order chi connectivity index (χ0) is 30.3. The highest BCUT2D eigenvalue weighted by molar-refractivity contribution is 5.81. The van der Waals surface area contributed by atoms with E-state index in [1.807, 2.05) is 18.7 Å². The van der Waals surface area contributed by atoms with Crippen LogP contribution in [0.2, 0.25) is 0 Å². The topological polar surface area (TPSA) is 119 Å². The van der Waals surface area contributed by atoms with E-state index < -0.39 is 24.1 Å². The number of hydrogen-bond acceptors (Lipinski definition) is 9. The van der Waals surface area contributed by atoms with Crippen molar-refractivity contribution in [2.75, 3.05) is 23.3 Å². The molecular weight excluding hydrogens is 568 g/mol. The summed E-state index contributed by atoms with van der Waals surface area (Å²) in [6.07, 6.45) is 3.83. The van der Waals surface area contributed by atoms with Crippen LogP contribution in [0.15, 0.2) is 66.2 Å². The minimum Gasteiger partial charge on any atom is -0.366 e. The lowest BCUT2D eigenvalue weighted by atomic mass is 10.1. The fourth-order valence-corrected chi connectivity index (χ4v) is 5.30. The van der Waals surface area contributed by atoms with Crippen LogP contribution in [0.4, 0.5) is 34.9 Å². The summed E-state index contributed by atoms with van der Waals surface area (Å²) in [6.45, 7) is 3.74. The minimum absolute atomic E-state index is 0.0781. The first kappa shape index (κ1) is 28.2. The molecule has 5 aromatic rings. The Morgan fingerprint density at radius 1 is 1.02 bits per heavy atom. The average Bonchev–Trinajstić information content (AvgIpc) is 3.44. The third-order valence-corrected chi connectivity index (χ3v) is 6.94. The highest BCUT2D eigenvalue weighted by Crippen LogP contribution is 2.28. The maximum Gasteiger partial charge on any atom is 0.406 e. The first-order chi connectivity index (χ1) is 20.6. The third kappa shape index (κ3) is 5.88. The number of rotatable bonds is 6. The Morgan fingerprint density at radius 3 is 2.51 bits per heavy atom. The maximum atomic E-state index is 15.2. The molecule has 0 saturated carbocycles. The number of nitrogens with one attached hydrogen (secondary N) is 2. The van der Waals surface area contributed by atoms with Crippen molar-refractivity contribution in [3.05, 3.63) is 77.6 Å². The number of anilines is 3. The van der Waals surface area contributed by atoms with Gasteiger partial charge < -0.3 is 15.5 Å². The highest BCUT2D eigenvalue weighted by Gasteiger charge is 2.31. The molecular formula is C28H26F4N10O. The molecule has 5 heterocycles. The molecule has 2 atom stereocenters. The molecule has 1 fully saturated rings. The maximum absolute atomic E-state index is 15.2. The van der Waals surface area contributed by atoms with Gasteiger partial charge >= 0.3 is 6.18 Å². The van der Waals surface area contributed by atoms with Gasteiger partial charge in [0.1, 0.15) is 18.0 Å². The molecule has 222 valence electrons. The van der Waals surface area contributed by atoms with Crippen LogP contribution >= 0.6 is 0 Å². The normalized spacial score (nSPS) is 17.4. The molecule has 0 unspecified atom stereocenters. The van der Waals surface area contributed by atoms with Gasteiger partial charge in [0.2, 0.25) is 5.95 Å². The van der Waals surface area contributed by atoms with Crippen molar-refractivity contribution in [3.63, 3.8) is 0 Å². The van der Waals surface area contributed by atoms with E-state index in [1.165, 1.54) is 53.9 Å². The summed E-state index contributed by atoms with van der Waals surface area (Å²) in [5.74, 6) is -0.168. The van der Waals surface area contributed by atoms with Crippen LogP contribution in [0.25, 0.3) is 28.2 Å². The van der Waals surface area contributed by atoms with E-state index in [-0.39, 0.29) is 40.5 Å². The lowest BCUT2D eigenvalue weighted by Crippen LogP contribution is -2.54. The largest absolute Gasteiger partial charge is 0.406 e. The van der Waals surface area contributed by atoms with Crippen molar-refractivity contribution < 1.29 is 17.6 Å². The summed E-state index contributed by atoms with van der Waals surface area (Å²) >= 11 is 0. The van der Waals surface area contributed by atoms with Gasteiger partial charge in [-0.15, -0.1) is 0 Å². The van der Waals surface area contributed by atoms with E-state index in [9.17, 15) is 18.0 Å². The second-order valence-corrected chi connectivity index (χ2v) is 10.4. The van der Waals surface area contributed by atoms with Gasteiger partial charge in [-0.1, -0.05) is 0 Å². The van der Waals surface area contributed by atoms with Gasteiger partial charge in [0.15, 0.2) is 11.6 Å². The van der Waals surface area contributed by atoms with E-state index in [0.29, 0.717) is 34.8 Å². The molecule has 1 saturated heterocycles. The van der Waals surface area contributed by atoms with Gasteiger partial charge in [0, 0.05) is 67.2 Å². The van der Waals surface area contributed by atoms with E-state index in [1.54, 1.807) is 12.1 Å². The van der Waals surface area contributed by atoms with Crippen molar-refractivity contribution >= 4 is 28.4 Å². The second kappa shape index (κ2) is 11.1. The molecule has 0 radical (unpaired) electrons. The summed E-state index contributed by atoms with van der Waals surface area (Å²) in [5.41, 5.74) is -0.575. The van der Waals surface area contributed by atoms with Crippen LogP contribution in [0, 0.1) is 5.82 Å². The number of pyridine rings is 1. The first-order valence-electron chi connectivity index (χ1n) is 13.4. The number of imidazole rings is 1. The third-order valence-electron chi connectivity index (χ3n) is 6.94. The number of benzene rings is 1. The van der Waals surface area contributed by atoms with Crippen molar-refractivity contribution in [1.29, 1.82) is 0 Å². The lowest BCUT2D eigenvalue weighted by Gasteiger charge is -2.37. The molecule has 6 rings (SSSR count). The summed E-state index contributed by atoms with van der Waals surface area (Å²) in [5, 5.41) is 6.42. The van der Waals surface area contributed by atoms with E-state index in [2.05, 4.69) is 35.6 Å². The molecule has 43 heavy (non-hydrogen) atoms. The Kier molecular flexibility index (Phi) is 7.25. The second-order valence-electron chi connectivity index (χ2n) is 10.4. The average molecular weight is 595 g/mol. The molecule has 15 heteroatoms. The molecule has 0 aliphatic carbocycles. The zero-order valence-electron chi connectivity index (χ0n) is 23.0. The van der Waals surface area contributed by atoms with Gasteiger partial charge in [-0.2, -0.15) is 18.2 Å². The van der Waals surface area contributed by atoms with Crippen LogP contribution in [0.5, 0.6) is 0 Å². The Bertz CT molecular complexity index is 1830. The van der Waals surface area contributed by atoms with Crippen molar-refractivity contribution in [3.8, 4) is 17.2 Å². The van der Waals surface area contributed by atoms with Crippen molar-refractivity contribution in [1.82, 2.24) is 39.4 Å². The predicted octanol–water partition coefficient (Wildman–Crippen LogP) is 4.07. The van der Waals surface area contributed by atoms with Crippen LogP contribution in [0.3, 0.4) is 0 Å². The quantitative estimate of drug-likeness (QED) is 0.281. The van der Waals surface area contributed by atoms with Crippen LogP contribution in [-0.4, -0.2) is 65.4 Å². The van der Waals surface area contributed by atoms with Crippen LogP contribution in [0.1, 0.15) is 13.8 Å². The fraction of sp³-hybridized carbons (Fsp3) is 0.286. The van der Waals surface area contributed by atoms with Gasteiger partial charge in [0.05, 0.1) is 17.4 Å². The van der Waals surface area contributed by atoms with Gasteiger partial charge in [-0.25, -0.2) is 19.3 Å². The Hall–Kier alpha value is -4.92. The molecule has 1 aromatic carbocycles. The first-order valence-corrected chi connectivity index (χ1v) is 13.4. The number of nitrogens with zero attached hydrogens (tertiary/aromatic N) is 8. The van der Waals surface area contributed by atoms with E-state index in [4.69, 9.17) is 0 Å². The number of fused-ring (bicyclic) bond motifs is 1. The monoisotopic (exact) mass is 594 g/mol. The minimum atomic E-state index is -4.73. The van der Waals surface area contributed by atoms with Crippen molar-refractivity contribution in [2.24, 2.45) is 0 Å². The molecule has 1 aliphatic heterocycles. The highest BCUT2D eigenvalue weighted by atomic mass is 19.4. The van der Waals surface area contributed by atoms with Gasteiger partial charge in [-0.05, 0) is 38.1 Å². The van der Waals surface area contributed by atoms with E-state index >= 15 is 4.39 Å². The van der Waals surface area contributed by atoms with Crippen LogP contribution < -0.4 is 21.1 Å². The number of piperazine rings is 1. The number of hydrogen-bond donors (Lipinski definition) is 2. The van der Waals surface area contributed by atoms with Crippen molar-refractivity contribution in [2.45, 2.75) is 38.7 Å². The molecule has 11 nitrogen and oxygen atoms in total. The van der Waals surface area contributed by atoms with E-state index in [0.717, 1.165) is 0 Å². The number of alkyl halides is 3. The molecule has 0 amide bonds. The molecule has 4 aromatic heterocycles.